The van der Waals surface area contributed by atoms with Crippen LogP contribution in [0.25, 0.3) is 0 Å². The highest BCUT2D eigenvalue weighted by Crippen LogP contribution is 2.24. The van der Waals surface area contributed by atoms with E-state index in [9.17, 15) is 13.2 Å². The Morgan fingerprint density at radius 3 is 2.38 bits per heavy atom. The van der Waals surface area contributed by atoms with Gasteiger partial charge < -0.3 is 5.32 Å². The van der Waals surface area contributed by atoms with Gasteiger partial charge in [0.2, 0.25) is 10.0 Å². The van der Waals surface area contributed by atoms with Crippen molar-refractivity contribution in [3.05, 3.63) is 58.1 Å². The lowest BCUT2D eigenvalue weighted by atomic mass is 10.1. The minimum atomic E-state index is -3.63. The van der Waals surface area contributed by atoms with Crippen LogP contribution in [0.2, 0.25) is 5.02 Å². The fourth-order valence-electron chi connectivity index (χ4n) is 2.19. The Hall–Kier alpha value is -1.89. The Bertz CT molecular complexity index is 893. The zero-order valence-electron chi connectivity index (χ0n) is 13.9. The molecule has 128 valence electrons. The second-order valence-corrected chi connectivity index (χ2v) is 8.22. The van der Waals surface area contributed by atoms with Crippen molar-refractivity contribution in [1.29, 1.82) is 0 Å². The first-order valence-electron chi connectivity index (χ1n) is 7.23. The number of amides is 1. The molecule has 24 heavy (non-hydrogen) atoms. The van der Waals surface area contributed by atoms with Gasteiger partial charge in [0.1, 0.15) is 0 Å². The van der Waals surface area contributed by atoms with E-state index in [1.165, 1.54) is 20.2 Å². The summed E-state index contributed by atoms with van der Waals surface area (Å²) in [4.78, 5) is 12.6. The number of carbonyl (C=O) groups excluding carboxylic acids is 1. The summed E-state index contributed by atoms with van der Waals surface area (Å²) in [6, 6.07) is 9.83. The third-order valence-electron chi connectivity index (χ3n) is 3.72. The Kier molecular flexibility index (Phi) is 5.32. The van der Waals surface area contributed by atoms with Crippen molar-refractivity contribution in [2.75, 3.05) is 19.4 Å². The van der Waals surface area contributed by atoms with E-state index in [2.05, 4.69) is 5.32 Å². The number of hydrogen-bond acceptors (Lipinski definition) is 3. The van der Waals surface area contributed by atoms with Crippen molar-refractivity contribution < 1.29 is 13.2 Å². The van der Waals surface area contributed by atoms with Crippen molar-refractivity contribution in [2.45, 2.75) is 18.7 Å². The molecule has 1 N–H and O–H groups in total. The second-order valence-electron chi connectivity index (χ2n) is 5.67. The molecule has 0 saturated heterocycles. The van der Waals surface area contributed by atoms with Crippen molar-refractivity contribution in [2.24, 2.45) is 0 Å². The maximum Gasteiger partial charge on any atom is 0.255 e. The van der Waals surface area contributed by atoms with Gasteiger partial charge in [-0.2, -0.15) is 0 Å². The monoisotopic (exact) mass is 366 g/mol. The van der Waals surface area contributed by atoms with Crippen LogP contribution in [0.1, 0.15) is 21.5 Å². The van der Waals surface area contributed by atoms with E-state index in [-0.39, 0.29) is 10.5 Å². The molecule has 0 unspecified atom stereocenters. The number of nitrogens with one attached hydrogen (secondary N) is 1. The minimum absolute atomic E-state index is 0.128. The lowest BCUT2D eigenvalue weighted by Crippen LogP contribution is -2.24. The van der Waals surface area contributed by atoms with Gasteiger partial charge in [0, 0.05) is 30.4 Å². The largest absolute Gasteiger partial charge is 0.322 e. The molecule has 5 nitrogen and oxygen atoms in total. The number of halogens is 1. The smallest absolute Gasteiger partial charge is 0.255 e. The van der Waals surface area contributed by atoms with E-state index < -0.39 is 15.9 Å². The normalized spacial score (nSPS) is 11.6. The molecule has 0 aliphatic rings. The molecule has 0 radical (unpaired) electrons. The molecule has 2 aromatic rings. The van der Waals surface area contributed by atoms with E-state index in [0.29, 0.717) is 16.3 Å². The van der Waals surface area contributed by atoms with Crippen LogP contribution >= 0.6 is 11.6 Å². The van der Waals surface area contributed by atoms with Crippen molar-refractivity contribution >= 4 is 33.2 Å². The summed E-state index contributed by atoms with van der Waals surface area (Å²) in [6.45, 7) is 3.50. The fraction of sp³-hybridized carbons (Fsp3) is 0.235. The number of rotatable bonds is 4. The van der Waals surface area contributed by atoms with Gasteiger partial charge in [0.05, 0.1) is 4.90 Å². The zero-order valence-corrected chi connectivity index (χ0v) is 15.5. The first kappa shape index (κ1) is 18.4. The molecule has 0 fully saturated rings. The van der Waals surface area contributed by atoms with Crippen LogP contribution in [0.4, 0.5) is 5.69 Å². The number of sulfonamides is 1. The summed E-state index contributed by atoms with van der Waals surface area (Å²) >= 11 is 5.90. The standard InChI is InChI=1S/C17H19ClN2O3S/c1-11-8-13(9-16(12(11)2)24(22,23)20(3)4)17(21)19-15-7-5-6-14(18)10-15/h5-10H,1-4H3,(H,19,21). The predicted octanol–water partition coefficient (Wildman–Crippen LogP) is 3.46. The van der Waals surface area contributed by atoms with Crippen LogP contribution in [-0.4, -0.2) is 32.7 Å². The fourth-order valence-corrected chi connectivity index (χ4v) is 3.60. The summed E-state index contributed by atoms with van der Waals surface area (Å²) < 4.78 is 26.1. The highest BCUT2D eigenvalue weighted by molar-refractivity contribution is 7.89. The average Bonchev–Trinajstić information content (AvgIpc) is 2.49. The molecule has 0 heterocycles. The van der Waals surface area contributed by atoms with Crippen molar-refractivity contribution in [1.82, 2.24) is 4.31 Å². The summed E-state index contributed by atoms with van der Waals surface area (Å²) in [5.74, 6) is -0.393. The number of benzene rings is 2. The summed E-state index contributed by atoms with van der Waals surface area (Å²) in [6.07, 6.45) is 0. The van der Waals surface area contributed by atoms with Gasteiger partial charge >= 0.3 is 0 Å². The molecular weight excluding hydrogens is 348 g/mol. The molecule has 0 aliphatic carbocycles. The van der Waals surface area contributed by atoms with Gasteiger partial charge in [0.15, 0.2) is 0 Å². The predicted molar refractivity (Wildman–Crippen MR) is 96.2 cm³/mol. The number of aryl methyl sites for hydroxylation is 1. The van der Waals surface area contributed by atoms with E-state index in [1.54, 1.807) is 44.2 Å². The van der Waals surface area contributed by atoms with Crippen LogP contribution < -0.4 is 5.32 Å². The van der Waals surface area contributed by atoms with Gasteiger partial charge in [-0.3, -0.25) is 4.79 Å². The molecule has 0 aromatic heterocycles. The lowest BCUT2D eigenvalue weighted by Gasteiger charge is -2.16. The highest BCUT2D eigenvalue weighted by Gasteiger charge is 2.23. The van der Waals surface area contributed by atoms with Crippen LogP contribution in [-0.2, 0) is 10.0 Å². The number of hydrogen-bond donors (Lipinski definition) is 1. The van der Waals surface area contributed by atoms with E-state index >= 15 is 0 Å². The molecular formula is C17H19ClN2O3S. The summed E-state index contributed by atoms with van der Waals surface area (Å²) in [5.41, 5.74) is 2.18. The van der Waals surface area contributed by atoms with Crippen LogP contribution in [0, 0.1) is 13.8 Å². The summed E-state index contributed by atoms with van der Waals surface area (Å²) in [5, 5.41) is 3.23. The number of carbonyl (C=O) groups is 1. The lowest BCUT2D eigenvalue weighted by molar-refractivity contribution is 0.102. The van der Waals surface area contributed by atoms with Crippen LogP contribution in [0.3, 0.4) is 0 Å². The Labute approximate surface area is 147 Å². The summed E-state index contributed by atoms with van der Waals surface area (Å²) in [7, 11) is -0.711. The molecule has 0 saturated carbocycles. The highest BCUT2D eigenvalue weighted by atomic mass is 35.5. The molecule has 7 heteroatoms. The topological polar surface area (TPSA) is 66.5 Å². The van der Waals surface area contributed by atoms with Gasteiger partial charge in [-0.1, -0.05) is 17.7 Å². The van der Waals surface area contributed by atoms with E-state index in [0.717, 1.165) is 9.87 Å². The molecule has 0 atom stereocenters. The average molecular weight is 367 g/mol. The molecule has 0 bridgehead atoms. The van der Waals surface area contributed by atoms with Gasteiger partial charge in [0.25, 0.3) is 5.91 Å². The van der Waals surface area contributed by atoms with E-state index in [1.807, 2.05) is 0 Å². The minimum Gasteiger partial charge on any atom is -0.322 e. The van der Waals surface area contributed by atoms with Crippen molar-refractivity contribution in [3.63, 3.8) is 0 Å². The second kappa shape index (κ2) is 6.93. The van der Waals surface area contributed by atoms with Gasteiger partial charge in [-0.25, -0.2) is 12.7 Å². The van der Waals surface area contributed by atoms with Crippen LogP contribution in [0.5, 0.6) is 0 Å². The first-order valence-corrected chi connectivity index (χ1v) is 9.05. The maximum absolute atomic E-state index is 12.5. The quantitative estimate of drug-likeness (QED) is 0.901. The third kappa shape index (κ3) is 3.77. The van der Waals surface area contributed by atoms with Crippen molar-refractivity contribution in [3.8, 4) is 0 Å². The Morgan fingerprint density at radius 2 is 1.79 bits per heavy atom. The molecule has 2 aromatic carbocycles. The maximum atomic E-state index is 12.5. The first-order chi connectivity index (χ1) is 11.1. The molecule has 2 rings (SSSR count). The van der Waals surface area contributed by atoms with Crippen LogP contribution in [0.15, 0.2) is 41.3 Å². The Morgan fingerprint density at radius 1 is 1.12 bits per heavy atom. The van der Waals surface area contributed by atoms with Gasteiger partial charge in [-0.15, -0.1) is 0 Å². The molecule has 1 amide bonds. The zero-order chi connectivity index (χ0) is 18.1. The number of nitrogens with zero attached hydrogens (tertiary/aromatic N) is 1. The molecule has 0 aliphatic heterocycles. The SMILES string of the molecule is Cc1cc(C(=O)Nc2cccc(Cl)c2)cc(S(=O)(=O)N(C)C)c1C. The molecule has 0 spiro atoms. The number of anilines is 1. The van der Waals surface area contributed by atoms with Gasteiger partial charge in [-0.05, 0) is 55.3 Å². The third-order valence-corrected chi connectivity index (χ3v) is 5.90. The van der Waals surface area contributed by atoms with E-state index in [4.69, 9.17) is 11.6 Å². The Balaban J connectivity index is 2.45.